The van der Waals surface area contributed by atoms with Crippen molar-refractivity contribution in [3.05, 3.63) is 52.4 Å². The van der Waals surface area contributed by atoms with Crippen LogP contribution >= 0.6 is 23.4 Å². The molecule has 1 unspecified atom stereocenters. The summed E-state index contributed by atoms with van der Waals surface area (Å²) in [6.45, 7) is 5.38. The molecular weight excluding hydrogens is 380 g/mol. The smallest absolute Gasteiger partial charge is 0.223 e. The molecule has 2 aromatic rings. The lowest BCUT2D eigenvalue weighted by molar-refractivity contribution is -0.131. The van der Waals surface area contributed by atoms with E-state index in [-0.39, 0.29) is 5.91 Å². The molecule has 1 aromatic heterocycles. The van der Waals surface area contributed by atoms with E-state index in [1.807, 2.05) is 40.9 Å². The van der Waals surface area contributed by atoms with Gasteiger partial charge < -0.3 is 9.80 Å². The monoisotopic (exact) mass is 402 g/mol. The van der Waals surface area contributed by atoms with E-state index in [9.17, 15) is 4.79 Å². The van der Waals surface area contributed by atoms with Crippen molar-refractivity contribution in [2.45, 2.75) is 30.8 Å². The molecule has 142 valence electrons. The molecule has 1 fully saturated rings. The first-order valence-electron chi connectivity index (χ1n) is 9.34. The summed E-state index contributed by atoms with van der Waals surface area (Å²) in [6, 6.07) is 7.73. The number of piperazine rings is 1. The summed E-state index contributed by atoms with van der Waals surface area (Å²) < 4.78 is 0. The average molecular weight is 403 g/mol. The number of benzene rings is 1. The maximum absolute atomic E-state index is 12.6. The highest BCUT2D eigenvalue weighted by Crippen LogP contribution is 2.44. The Morgan fingerprint density at radius 3 is 2.67 bits per heavy atom. The third-order valence-corrected chi connectivity index (χ3v) is 6.72. The van der Waals surface area contributed by atoms with E-state index in [0.29, 0.717) is 11.7 Å². The predicted octanol–water partition coefficient (Wildman–Crippen LogP) is 3.72. The molecule has 7 heteroatoms. The van der Waals surface area contributed by atoms with Gasteiger partial charge in [-0.25, -0.2) is 9.97 Å². The maximum Gasteiger partial charge on any atom is 0.223 e. The van der Waals surface area contributed by atoms with Crippen molar-refractivity contribution in [3.8, 4) is 0 Å². The van der Waals surface area contributed by atoms with Crippen LogP contribution in [0.15, 0.2) is 30.6 Å². The summed E-state index contributed by atoms with van der Waals surface area (Å²) >= 11 is 7.83. The molecule has 0 spiro atoms. The number of nitrogens with zero attached hydrogens (tertiary/aromatic N) is 4. The molecule has 1 amide bonds. The van der Waals surface area contributed by atoms with Gasteiger partial charge in [0.05, 0.1) is 5.69 Å². The predicted molar refractivity (Wildman–Crippen MR) is 110 cm³/mol. The number of amides is 1. The second-order valence-corrected chi connectivity index (χ2v) is 8.77. The first-order chi connectivity index (χ1) is 13.1. The Balaban J connectivity index is 1.33. The number of fused-ring (bicyclic) bond motifs is 1. The number of carbonyl (C=O) groups is 1. The Bertz CT molecular complexity index is 821. The molecule has 2 aliphatic heterocycles. The molecule has 0 N–H and O–H groups in total. The minimum Gasteiger partial charge on any atom is -0.353 e. The largest absolute Gasteiger partial charge is 0.353 e. The van der Waals surface area contributed by atoms with E-state index in [4.69, 9.17) is 11.6 Å². The highest BCUT2D eigenvalue weighted by Gasteiger charge is 2.29. The van der Waals surface area contributed by atoms with Crippen LogP contribution in [0.4, 0.5) is 5.82 Å². The van der Waals surface area contributed by atoms with Crippen LogP contribution in [0, 0.1) is 0 Å². The molecule has 27 heavy (non-hydrogen) atoms. The quantitative estimate of drug-likeness (QED) is 0.780. The number of hydrogen-bond donors (Lipinski definition) is 0. The molecular formula is C20H23ClN4OS. The number of anilines is 1. The number of hydrogen-bond acceptors (Lipinski definition) is 5. The van der Waals surface area contributed by atoms with Gasteiger partial charge in [0.2, 0.25) is 5.91 Å². The van der Waals surface area contributed by atoms with Gasteiger partial charge in [0, 0.05) is 54.2 Å². The SMILES string of the molecule is CC1SCc2ncnc(N3CCN(C(=O)CCc4ccc(Cl)cc4)CC3)c21. The van der Waals surface area contributed by atoms with Crippen LogP contribution in [0.25, 0.3) is 0 Å². The summed E-state index contributed by atoms with van der Waals surface area (Å²) in [5, 5.41) is 1.17. The van der Waals surface area contributed by atoms with Crippen molar-refractivity contribution in [1.29, 1.82) is 0 Å². The third-order valence-electron chi connectivity index (χ3n) is 5.29. The Morgan fingerprint density at radius 1 is 1.19 bits per heavy atom. The van der Waals surface area contributed by atoms with Gasteiger partial charge in [0.1, 0.15) is 12.1 Å². The maximum atomic E-state index is 12.6. The first kappa shape index (κ1) is 18.6. The zero-order chi connectivity index (χ0) is 18.8. The minimum absolute atomic E-state index is 0.224. The highest BCUT2D eigenvalue weighted by molar-refractivity contribution is 7.99. The summed E-state index contributed by atoms with van der Waals surface area (Å²) in [5.41, 5.74) is 3.60. The van der Waals surface area contributed by atoms with Gasteiger partial charge in [-0.3, -0.25) is 4.79 Å². The fourth-order valence-electron chi connectivity index (χ4n) is 3.72. The van der Waals surface area contributed by atoms with Crippen molar-refractivity contribution < 1.29 is 4.79 Å². The van der Waals surface area contributed by atoms with Gasteiger partial charge in [-0.1, -0.05) is 23.7 Å². The molecule has 0 saturated carbocycles. The topological polar surface area (TPSA) is 49.3 Å². The highest BCUT2D eigenvalue weighted by atomic mass is 35.5. The van der Waals surface area contributed by atoms with Crippen molar-refractivity contribution in [1.82, 2.24) is 14.9 Å². The summed E-state index contributed by atoms with van der Waals surface area (Å²) in [7, 11) is 0. The number of thioether (sulfide) groups is 1. The van der Waals surface area contributed by atoms with E-state index in [1.165, 1.54) is 11.3 Å². The van der Waals surface area contributed by atoms with E-state index >= 15 is 0 Å². The van der Waals surface area contributed by atoms with Gasteiger partial charge in [0.25, 0.3) is 0 Å². The zero-order valence-electron chi connectivity index (χ0n) is 15.4. The second-order valence-electron chi connectivity index (χ2n) is 7.01. The summed E-state index contributed by atoms with van der Waals surface area (Å²) in [6.07, 6.45) is 2.97. The minimum atomic E-state index is 0.224. The van der Waals surface area contributed by atoms with Crippen LogP contribution in [0.2, 0.25) is 5.02 Å². The molecule has 1 saturated heterocycles. The number of carbonyl (C=O) groups excluding carboxylic acids is 1. The Hall–Kier alpha value is -1.79. The first-order valence-corrected chi connectivity index (χ1v) is 10.8. The number of aryl methyl sites for hydroxylation is 1. The van der Waals surface area contributed by atoms with Gasteiger partial charge in [-0.15, -0.1) is 11.8 Å². The Kier molecular flexibility index (Phi) is 5.55. The molecule has 1 aromatic carbocycles. The van der Waals surface area contributed by atoms with Crippen LogP contribution in [0.3, 0.4) is 0 Å². The third kappa shape index (κ3) is 4.06. The van der Waals surface area contributed by atoms with Crippen molar-refractivity contribution in [3.63, 3.8) is 0 Å². The molecule has 4 rings (SSSR count). The van der Waals surface area contributed by atoms with E-state index in [0.717, 1.165) is 54.8 Å². The van der Waals surface area contributed by atoms with Crippen LogP contribution in [0.1, 0.15) is 35.4 Å². The molecule has 0 aliphatic carbocycles. The van der Waals surface area contributed by atoms with Gasteiger partial charge >= 0.3 is 0 Å². The van der Waals surface area contributed by atoms with E-state index in [2.05, 4.69) is 21.8 Å². The summed E-state index contributed by atoms with van der Waals surface area (Å²) in [5.74, 6) is 2.25. The molecule has 1 atom stereocenters. The molecule has 5 nitrogen and oxygen atoms in total. The van der Waals surface area contributed by atoms with Crippen molar-refractivity contribution >= 4 is 35.1 Å². The van der Waals surface area contributed by atoms with Crippen LogP contribution < -0.4 is 4.90 Å². The lowest BCUT2D eigenvalue weighted by atomic mass is 10.1. The van der Waals surface area contributed by atoms with Gasteiger partial charge in [-0.05, 0) is 31.0 Å². The fourth-order valence-corrected chi connectivity index (χ4v) is 4.89. The normalized spacial score (nSPS) is 19.3. The molecule has 0 bridgehead atoms. The lowest BCUT2D eigenvalue weighted by Crippen LogP contribution is -2.49. The average Bonchev–Trinajstić information content (AvgIpc) is 3.09. The molecule has 3 heterocycles. The van der Waals surface area contributed by atoms with E-state index < -0.39 is 0 Å². The number of rotatable bonds is 4. The molecule has 2 aliphatic rings. The van der Waals surface area contributed by atoms with E-state index in [1.54, 1.807) is 6.33 Å². The summed E-state index contributed by atoms with van der Waals surface area (Å²) in [4.78, 5) is 25.9. The van der Waals surface area contributed by atoms with Gasteiger partial charge in [0.15, 0.2) is 0 Å². The van der Waals surface area contributed by atoms with Gasteiger partial charge in [-0.2, -0.15) is 0 Å². The number of aromatic nitrogens is 2. The van der Waals surface area contributed by atoms with Crippen molar-refractivity contribution in [2.24, 2.45) is 0 Å². The standard InChI is InChI=1S/C20H23ClN4OS/c1-14-19-17(12-27-14)22-13-23-20(19)25-10-8-24(9-11-25)18(26)7-4-15-2-5-16(21)6-3-15/h2-3,5-6,13-14H,4,7-12H2,1H3. The van der Waals surface area contributed by atoms with Crippen LogP contribution in [-0.4, -0.2) is 47.0 Å². The van der Waals surface area contributed by atoms with Crippen LogP contribution in [-0.2, 0) is 17.0 Å². The molecule has 0 radical (unpaired) electrons. The second kappa shape index (κ2) is 8.07. The Labute approximate surface area is 169 Å². The zero-order valence-corrected chi connectivity index (χ0v) is 17.0. The lowest BCUT2D eigenvalue weighted by Gasteiger charge is -2.36. The van der Waals surface area contributed by atoms with Crippen molar-refractivity contribution in [2.75, 3.05) is 31.1 Å². The fraction of sp³-hybridized carbons (Fsp3) is 0.450. The Morgan fingerprint density at radius 2 is 1.93 bits per heavy atom. The number of halogens is 1. The van der Waals surface area contributed by atoms with Crippen LogP contribution in [0.5, 0.6) is 0 Å².